The Labute approximate surface area is 228 Å². The van der Waals surface area contributed by atoms with E-state index < -0.39 is 4.92 Å². The molecule has 1 heterocycles. The van der Waals surface area contributed by atoms with Crippen LogP contribution in [0.2, 0.25) is 0 Å². The number of hydrogen-bond donors (Lipinski definition) is 0. The summed E-state index contributed by atoms with van der Waals surface area (Å²) in [7, 11) is 0. The fourth-order valence-electron chi connectivity index (χ4n) is 3.71. The number of carbonyl (C=O) groups excluding carboxylic acids is 2. The van der Waals surface area contributed by atoms with E-state index in [9.17, 15) is 19.7 Å². The van der Waals surface area contributed by atoms with Crippen molar-refractivity contribution >= 4 is 46.5 Å². The standard InChI is InChI=1S/C16H19NO3S.C11H13NO4.CH4/c1-4-17(5-2)13-6-7-14-12(10-19-11(3)18)8-16(21)20-15(14)9-13;1-8(7-16-9(2)13)10-5-3-4-6-11(10)12(14)15;/h6-9H,4-5,10H2,1-3H3;3-6,8H,7H2,1-2H3;1H4. The van der Waals surface area contributed by atoms with Crippen LogP contribution < -0.4 is 4.90 Å². The van der Waals surface area contributed by atoms with Gasteiger partial charge in [0.2, 0.25) is 0 Å². The van der Waals surface area contributed by atoms with Crippen LogP contribution in [0.15, 0.2) is 52.9 Å². The van der Waals surface area contributed by atoms with Gasteiger partial charge in [0.25, 0.3) is 5.69 Å². The van der Waals surface area contributed by atoms with E-state index in [1.807, 2.05) is 18.2 Å². The van der Waals surface area contributed by atoms with Gasteiger partial charge in [-0.15, -0.1) is 0 Å². The van der Waals surface area contributed by atoms with E-state index >= 15 is 0 Å². The summed E-state index contributed by atoms with van der Waals surface area (Å²) >= 11 is 5.15. The van der Waals surface area contributed by atoms with Crippen molar-refractivity contribution in [1.29, 1.82) is 0 Å². The van der Waals surface area contributed by atoms with E-state index in [0.29, 0.717) is 15.9 Å². The summed E-state index contributed by atoms with van der Waals surface area (Å²) in [6.07, 6.45) is 0. The lowest BCUT2D eigenvalue weighted by Crippen LogP contribution is -2.21. The number of carbonyl (C=O) groups is 2. The second-order valence-corrected chi connectivity index (χ2v) is 8.65. The summed E-state index contributed by atoms with van der Waals surface area (Å²) in [6.45, 7) is 10.9. The van der Waals surface area contributed by atoms with Crippen LogP contribution in [-0.2, 0) is 25.7 Å². The minimum Gasteiger partial charge on any atom is -0.465 e. The first-order chi connectivity index (χ1) is 17.6. The highest BCUT2D eigenvalue weighted by Gasteiger charge is 2.18. The lowest BCUT2D eigenvalue weighted by molar-refractivity contribution is -0.385. The molecule has 206 valence electrons. The van der Waals surface area contributed by atoms with Crippen LogP contribution in [0.4, 0.5) is 11.4 Å². The van der Waals surface area contributed by atoms with Gasteiger partial charge in [-0.2, -0.15) is 0 Å². The molecule has 0 aliphatic heterocycles. The fourth-order valence-corrected chi connectivity index (χ4v) is 3.94. The van der Waals surface area contributed by atoms with Gasteiger partial charge < -0.3 is 18.8 Å². The third kappa shape index (κ3) is 9.26. The van der Waals surface area contributed by atoms with Crippen molar-refractivity contribution in [2.24, 2.45) is 0 Å². The molecule has 0 fully saturated rings. The summed E-state index contributed by atoms with van der Waals surface area (Å²) in [5.41, 5.74) is 3.31. The van der Waals surface area contributed by atoms with Crippen LogP contribution in [0.3, 0.4) is 0 Å². The zero-order valence-corrected chi connectivity index (χ0v) is 22.5. The zero-order valence-electron chi connectivity index (χ0n) is 21.7. The number of anilines is 1. The van der Waals surface area contributed by atoms with E-state index in [1.165, 1.54) is 19.9 Å². The maximum atomic E-state index is 11.0. The van der Waals surface area contributed by atoms with Crippen LogP contribution in [0.25, 0.3) is 11.0 Å². The SMILES string of the molecule is C.CC(=O)OCC(C)c1ccccc1[N+](=O)[O-].CCN(CC)c1ccc2c(COC(C)=O)cc(=S)oc2c1. The number of nitro groups is 1. The minimum atomic E-state index is -0.431. The quantitative estimate of drug-likeness (QED) is 0.122. The van der Waals surface area contributed by atoms with Gasteiger partial charge in [0.1, 0.15) is 12.2 Å². The van der Waals surface area contributed by atoms with E-state index in [-0.39, 0.29) is 44.2 Å². The van der Waals surface area contributed by atoms with E-state index in [4.69, 9.17) is 26.1 Å². The Hall–Kier alpha value is -3.79. The van der Waals surface area contributed by atoms with Crippen molar-refractivity contribution in [3.05, 3.63) is 74.5 Å². The van der Waals surface area contributed by atoms with Gasteiger partial charge >= 0.3 is 11.9 Å². The highest BCUT2D eigenvalue weighted by atomic mass is 32.1. The largest absolute Gasteiger partial charge is 0.465 e. The molecule has 1 atom stereocenters. The fraction of sp³-hybridized carbons (Fsp3) is 0.393. The van der Waals surface area contributed by atoms with Crippen molar-refractivity contribution in [2.45, 2.75) is 54.6 Å². The highest BCUT2D eigenvalue weighted by molar-refractivity contribution is 7.71. The molecule has 38 heavy (non-hydrogen) atoms. The Morgan fingerprint density at radius 1 is 1.05 bits per heavy atom. The van der Waals surface area contributed by atoms with Crippen molar-refractivity contribution in [2.75, 3.05) is 24.6 Å². The van der Waals surface area contributed by atoms with E-state index in [1.54, 1.807) is 31.2 Å². The molecule has 0 aliphatic rings. The number of ether oxygens (including phenoxy) is 2. The predicted octanol–water partition coefficient (Wildman–Crippen LogP) is 6.97. The molecule has 3 aromatic rings. The monoisotopic (exact) mass is 544 g/mol. The molecule has 0 saturated heterocycles. The molecule has 10 heteroatoms. The van der Waals surface area contributed by atoms with Gasteiger partial charge in [0.15, 0.2) is 4.71 Å². The van der Waals surface area contributed by atoms with Gasteiger partial charge in [0.05, 0.1) is 11.5 Å². The molecule has 2 aromatic carbocycles. The van der Waals surface area contributed by atoms with Crippen LogP contribution in [0.1, 0.15) is 59.1 Å². The molecule has 0 amide bonds. The minimum absolute atomic E-state index is 0. The average Bonchev–Trinajstić information content (AvgIpc) is 2.86. The molecular weight excluding hydrogens is 508 g/mol. The third-order valence-corrected chi connectivity index (χ3v) is 5.78. The number of esters is 2. The second-order valence-electron chi connectivity index (χ2n) is 8.24. The zero-order chi connectivity index (χ0) is 27.5. The predicted molar refractivity (Wildman–Crippen MR) is 151 cm³/mol. The molecular formula is C28H36N2O7S. The molecule has 1 unspecified atom stereocenters. The smallest absolute Gasteiger partial charge is 0.302 e. The molecule has 0 radical (unpaired) electrons. The Kier molecular flexibility index (Phi) is 13.1. The molecule has 0 spiro atoms. The van der Waals surface area contributed by atoms with Crippen LogP contribution >= 0.6 is 12.2 Å². The Bertz CT molecular complexity index is 1300. The van der Waals surface area contributed by atoms with Crippen LogP contribution in [-0.4, -0.2) is 36.6 Å². The number of rotatable bonds is 9. The number of para-hydroxylation sites is 1. The van der Waals surface area contributed by atoms with Gasteiger partial charge in [0, 0.05) is 67.2 Å². The summed E-state index contributed by atoms with van der Waals surface area (Å²) in [5, 5.41) is 11.7. The summed E-state index contributed by atoms with van der Waals surface area (Å²) in [6, 6.07) is 14.2. The molecule has 1 aromatic heterocycles. The van der Waals surface area contributed by atoms with Gasteiger partial charge in [-0.1, -0.05) is 32.5 Å². The number of nitrogens with zero attached hydrogens (tertiary/aromatic N) is 2. The topological polar surface area (TPSA) is 112 Å². The summed E-state index contributed by atoms with van der Waals surface area (Å²) < 4.78 is 15.9. The highest BCUT2D eigenvalue weighted by Crippen LogP contribution is 2.27. The van der Waals surface area contributed by atoms with Crippen LogP contribution in [0, 0.1) is 14.8 Å². The van der Waals surface area contributed by atoms with Gasteiger partial charge in [-0.3, -0.25) is 19.7 Å². The van der Waals surface area contributed by atoms with Gasteiger partial charge in [-0.25, -0.2) is 0 Å². The molecule has 9 nitrogen and oxygen atoms in total. The molecule has 0 aliphatic carbocycles. The molecule has 3 rings (SSSR count). The number of nitro benzene ring substituents is 1. The lowest BCUT2D eigenvalue weighted by atomic mass is 10.0. The summed E-state index contributed by atoms with van der Waals surface area (Å²) in [4.78, 5) is 34.2. The normalized spacial score (nSPS) is 10.9. The third-order valence-electron chi connectivity index (χ3n) is 5.57. The van der Waals surface area contributed by atoms with Crippen molar-refractivity contribution in [1.82, 2.24) is 0 Å². The maximum Gasteiger partial charge on any atom is 0.302 e. The first-order valence-electron chi connectivity index (χ1n) is 11.9. The second kappa shape index (κ2) is 15.5. The van der Waals surface area contributed by atoms with E-state index in [2.05, 4.69) is 18.7 Å². The first-order valence-corrected chi connectivity index (χ1v) is 12.3. The Morgan fingerprint density at radius 2 is 1.68 bits per heavy atom. The maximum absolute atomic E-state index is 11.0. The van der Waals surface area contributed by atoms with Gasteiger partial charge in [-0.05, 0) is 44.3 Å². The Balaban J connectivity index is 0.000000384. The van der Waals surface area contributed by atoms with Crippen LogP contribution in [0.5, 0.6) is 0 Å². The summed E-state index contributed by atoms with van der Waals surface area (Å²) in [5.74, 6) is -0.884. The van der Waals surface area contributed by atoms with Crippen molar-refractivity contribution in [3.8, 4) is 0 Å². The molecule has 0 saturated carbocycles. The molecule has 0 bridgehead atoms. The first kappa shape index (κ1) is 32.2. The van der Waals surface area contributed by atoms with Crippen molar-refractivity contribution in [3.63, 3.8) is 0 Å². The number of benzene rings is 2. The average molecular weight is 545 g/mol. The number of fused-ring (bicyclic) bond motifs is 1. The molecule has 0 N–H and O–H groups in total. The Morgan fingerprint density at radius 3 is 2.26 bits per heavy atom. The lowest BCUT2D eigenvalue weighted by Gasteiger charge is -2.21. The van der Waals surface area contributed by atoms with E-state index in [0.717, 1.165) is 29.7 Å². The van der Waals surface area contributed by atoms with Crippen molar-refractivity contribution < 1.29 is 28.4 Å². The number of hydrogen-bond acceptors (Lipinski definition) is 9.